The summed E-state index contributed by atoms with van der Waals surface area (Å²) < 4.78 is 21.8. The Bertz CT molecular complexity index is 1750. The van der Waals surface area contributed by atoms with E-state index in [0.29, 0.717) is 47.9 Å². The van der Waals surface area contributed by atoms with Gasteiger partial charge in [0.15, 0.2) is 5.69 Å². The molecule has 3 aromatic rings. The number of amidine groups is 1. The fraction of sp³-hybridized carbons (Fsp3) is 0.368. The molecule has 3 amide bonds. The molecule has 52 heavy (non-hydrogen) atoms. The number of aromatic nitrogens is 1. The number of rotatable bonds is 16. The van der Waals surface area contributed by atoms with Crippen LogP contribution in [-0.2, 0) is 14.2 Å². The highest BCUT2D eigenvalue weighted by atomic mass is 16.5. The van der Waals surface area contributed by atoms with E-state index in [4.69, 9.17) is 24.4 Å². The molecular weight excluding hydrogens is 668 g/mol. The smallest absolute Gasteiger partial charge is 0.412 e. The summed E-state index contributed by atoms with van der Waals surface area (Å²) >= 11 is 0. The zero-order valence-electron chi connectivity index (χ0n) is 29.8. The van der Waals surface area contributed by atoms with E-state index in [-0.39, 0.29) is 41.6 Å². The lowest BCUT2D eigenvalue weighted by molar-refractivity contribution is 0.0193. The molecule has 2 aromatic carbocycles. The maximum atomic E-state index is 13.9. The van der Waals surface area contributed by atoms with Gasteiger partial charge in [0.1, 0.15) is 23.9 Å². The van der Waals surface area contributed by atoms with Crippen LogP contribution in [0.2, 0.25) is 0 Å². The second-order valence-electron chi connectivity index (χ2n) is 11.8. The van der Waals surface area contributed by atoms with Crippen molar-refractivity contribution in [1.82, 2.24) is 20.5 Å². The van der Waals surface area contributed by atoms with E-state index in [1.165, 1.54) is 26.3 Å². The van der Waals surface area contributed by atoms with Gasteiger partial charge in [0.25, 0.3) is 11.8 Å². The molecule has 2 heterocycles. The summed E-state index contributed by atoms with van der Waals surface area (Å²) in [6.07, 6.45) is 4.69. The molecule has 1 saturated heterocycles. The van der Waals surface area contributed by atoms with Crippen LogP contribution in [0.15, 0.2) is 55.1 Å². The number of carbonyl (C=O) groups is 4. The number of ether oxygens (including phenoxy) is 4. The van der Waals surface area contributed by atoms with Gasteiger partial charge in [0.05, 0.1) is 26.9 Å². The summed E-state index contributed by atoms with van der Waals surface area (Å²) in [5.41, 5.74) is 1.87. The maximum absolute atomic E-state index is 13.9. The van der Waals surface area contributed by atoms with Crippen LogP contribution < -0.4 is 20.7 Å². The topological polar surface area (TPSA) is 181 Å². The van der Waals surface area contributed by atoms with Crippen LogP contribution in [0.5, 0.6) is 5.75 Å². The molecule has 0 bridgehead atoms. The number of morpholine rings is 1. The standard InChI is InChI=1S/C38H46N6O8/c1-5-7-8-9-19-52-38(48)43-34(39)26-10-12-27(13-11-26)41-35(45)30-23-25(6-2)32(49-4)24-29(30)28-14-15-31(36(46)40-3)42-33(28)37(47)51-22-18-44-16-20-50-21-17-44/h6,10-15,23-24H,2,5,7-9,16-22H2,1,3-4H3,(H,40,46)(H,41,45)(H2,39,43,48). The number of carbonyl (C=O) groups excluding carboxylic acids is 4. The van der Waals surface area contributed by atoms with E-state index >= 15 is 0 Å². The molecule has 0 aliphatic carbocycles. The van der Waals surface area contributed by atoms with Crippen LogP contribution >= 0.6 is 0 Å². The third-order valence-electron chi connectivity index (χ3n) is 8.31. The number of nitrogens with one attached hydrogen (secondary N) is 4. The van der Waals surface area contributed by atoms with E-state index in [1.807, 2.05) is 0 Å². The summed E-state index contributed by atoms with van der Waals surface area (Å²) in [7, 11) is 2.93. The number of alkyl carbamates (subject to hydrolysis) is 1. The number of hydrogen-bond donors (Lipinski definition) is 4. The van der Waals surface area contributed by atoms with Crippen molar-refractivity contribution in [3.05, 3.63) is 83.2 Å². The van der Waals surface area contributed by atoms with E-state index in [0.717, 1.165) is 38.8 Å². The zero-order chi connectivity index (χ0) is 37.5. The van der Waals surface area contributed by atoms with Crippen molar-refractivity contribution in [2.75, 3.05) is 65.5 Å². The van der Waals surface area contributed by atoms with Crippen molar-refractivity contribution in [2.45, 2.75) is 32.6 Å². The molecule has 1 aliphatic heterocycles. The molecule has 1 fully saturated rings. The molecular formula is C38H46N6O8. The third-order valence-corrected chi connectivity index (χ3v) is 8.31. The average molecular weight is 715 g/mol. The minimum Gasteiger partial charge on any atom is -0.496 e. The summed E-state index contributed by atoms with van der Waals surface area (Å²) in [5.74, 6) is -1.56. The number of hydrogen-bond acceptors (Lipinski definition) is 11. The lowest BCUT2D eigenvalue weighted by Gasteiger charge is -2.26. The summed E-state index contributed by atoms with van der Waals surface area (Å²) in [4.78, 5) is 58.7. The third kappa shape index (κ3) is 10.7. The van der Waals surface area contributed by atoms with Crippen LogP contribution in [0, 0.1) is 5.41 Å². The average Bonchev–Trinajstić information content (AvgIpc) is 3.17. The van der Waals surface area contributed by atoms with Crippen molar-refractivity contribution in [3.63, 3.8) is 0 Å². The highest BCUT2D eigenvalue weighted by Gasteiger charge is 2.25. The van der Waals surface area contributed by atoms with E-state index in [1.54, 1.807) is 42.5 Å². The van der Waals surface area contributed by atoms with Crippen molar-refractivity contribution in [2.24, 2.45) is 0 Å². The molecule has 4 N–H and O–H groups in total. The van der Waals surface area contributed by atoms with Gasteiger partial charge in [-0.2, -0.15) is 0 Å². The Morgan fingerprint density at radius 2 is 1.71 bits per heavy atom. The Balaban J connectivity index is 1.58. The molecule has 276 valence electrons. The van der Waals surface area contributed by atoms with Crippen LogP contribution in [0.3, 0.4) is 0 Å². The molecule has 0 saturated carbocycles. The number of amides is 3. The first-order valence-electron chi connectivity index (χ1n) is 17.2. The second kappa shape index (κ2) is 19.7. The molecule has 0 atom stereocenters. The normalized spacial score (nSPS) is 12.7. The van der Waals surface area contributed by atoms with Gasteiger partial charge in [-0.25, -0.2) is 14.6 Å². The molecule has 14 heteroatoms. The minimum absolute atomic E-state index is 0.00700. The quantitative estimate of drug-likeness (QED) is 0.0672. The summed E-state index contributed by atoms with van der Waals surface area (Å²) in [5, 5.41) is 16.0. The van der Waals surface area contributed by atoms with Crippen molar-refractivity contribution < 1.29 is 38.1 Å². The van der Waals surface area contributed by atoms with Gasteiger partial charge in [-0.05, 0) is 55.0 Å². The fourth-order valence-electron chi connectivity index (χ4n) is 5.41. The molecule has 0 spiro atoms. The first-order chi connectivity index (χ1) is 25.2. The minimum atomic E-state index is -0.765. The molecule has 0 radical (unpaired) electrons. The summed E-state index contributed by atoms with van der Waals surface area (Å²) in [6, 6.07) is 12.5. The first-order valence-corrected chi connectivity index (χ1v) is 17.2. The largest absolute Gasteiger partial charge is 0.496 e. The predicted molar refractivity (Wildman–Crippen MR) is 197 cm³/mol. The van der Waals surface area contributed by atoms with Crippen LogP contribution in [0.1, 0.15) is 75.1 Å². The Morgan fingerprint density at radius 3 is 2.38 bits per heavy atom. The molecule has 1 aromatic heterocycles. The number of unbranched alkanes of at least 4 members (excludes halogenated alkanes) is 3. The van der Waals surface area contributed by atoms with Gasteiger partial charge in [0, 0.05) is 60.2 Å². The van der Waals surface area contributed by atoms with Gasteiger partial charge in [-0.15, -0.1) is 0 Å². The van der Waals surface area contributed by atoms with Crippen molar-refractivity contribution in [1.29, 1.82) is 5.41 Å². The van der Waals surface area contributed by atoms with Crippen molar-refractivity contribution in [3.8, 4) is 16.9 Å². The highest BCUT2D eigenvalue weighted by molar-refractivity contribution is 6.11. The Kier molecular flexibility index (Phi) is 14.8. The Morgan fingerprint density at radius 1 is 0.962 bits per heavy atom. The molecule has 4 rings (SSSR count). The van der Waals surface area contributed by atoms with Crippen LogP contribution in [0.25, 0.3) is 17.2 Å². The SMILES string of the molecule is C=Cc1cc(C(=O)Nc2ccc(C(=N)NC(=O)OCCCCCC)cc2)c(-c2ccc(C(=O)NC)nc2C(=O)OCCN2CCOCC2)cc1OC. The first kappa shape index (κ1) is 39.2. The van der Waals surface area contributed by atoms with Gasteiger partial charge in [-0.3, -0.25) is 25.2 Å². The van der Waals surface area contributed by atoms with Crippen LogP contribution in [0.4, 0.5) is 10.5 Å². The lowest BCUT2D eigenvalue weighted by Crippen LogP contribution is -2.38. The maximum Gasteiger partial charge on any atom is 0.412 e. The van der Waals surface area contributed by atoms with E-state index in [9.17, 15) is 19.2 Å². The van der Waals surface area contributed by atoms with Gasteiger partial charge in [-0.1, -0.05) is 38.8 Å². The van der Waals surface area contributed by atoms with Crippen molar-refractivity contribution >= 4 is 41.5 Å². The number of pyridine rings is 1. The van der Waals surface area contributed by atoms with E-state index < -0.39 is 23.9 Å². The number of nitrogens with zero attached hydrogens (tertiary/aromatic N) is 2. The number of anilines is 1. The highest BCUT2D eigenvalue weighted by Crippen LogP contribution is 2.34. The number of benzene rings is 2. The Hall–Kier alpha value is -5.60. The second-order valence-corrected chi connectivity index (χ2v) is 11.8. The molecule has 1 aliphatic rings. The number of methoxy groups -OCH3 is 1. The lowest BCUT2D eigenvalue weighted by atomic mass is 9.94. The fourth-order valence-corrected chi connectivity index (χ4v) is 5.41. The van der Waals surface area contributed by atoms with Gasteiger partial charge in [0.2, 0.25) is 0 Å². The van der Waals surface area contributed by atoms with Crippen LogP contribution in [-0.4, -0.2) is 99.8 Å². The monoisotopic (exact) mass is 714 g/mol. The predicted octanol–water partition coefficient (Wildman–Crippen LogP) is 5.13. The van der Waals surface area contributed by atoms with E-state index in [2.05, 4.69) is 39.3 Å². The number of esters is 1. The molecule has 14 nitrogen and oxygen atoms in total. The van der Waals surface area contributed by atoms with Gasteiger partial charge >= 0.3 is 12.1 Å². The summed E-state index contributed by atoms with van der Waals surface area (Å²) in [6.45, 7) is 9.43. The molecule has 0 unspecified atom stereocenters. The van der Waals surface area contributed by atoms with Gasteiger partial charge < -0.3 is 29.6 Å². The Labute approximate surface area is 303 Å². The zero-order valence-corrected chi connectivity index (χ0v) is 29.8.